The fourth-order valence-electron chi connectivity index (χ4n) is 6.62. The van der Waals surface area contributed by atoms with Crippen LogP contribution < -0.4 is 5.32 Å². The van der Waals surface area contributed by atoms with Crippen LogP contribution in [0.2, 0.25) is 0 Å². The first-order valence-corrected chi connectivity index (χ1v) is 13.4. The standard InChI is InChI=1S/C30H41N3O/c1-22-9-8-10-23(2)28(22)21-33-19-26-17-32(18-27(26)20-33)16-15-29(24-11-4-3-5-12-24)31-30(34)25-13-6-7-14-25/h3-5,8-12,25-27,29H,6-7,13-21H2,1-2H3,(H,31,34)/t26-,27?,29?/m0/s1. The second-order valence-corrected chi connectivity index (χ2v) is 11.1. The minimum atomic E-state index is 0.121. The van der Waals surface area contributed by atoms with Crippen LogP contribution in [0.5, 0.6) is 0 Å². The number of hydrogen-bond acceptors (Lipinski definition) is 3. The summed E-state index contributed by atoms with van der Waals surface area (Å²) in [6.07, 6.45) is 5.51. The van der Waals surface area contributed by atoms with Gasteiger partial charge in [-0.05, 0) is 67.2 Å². The predicted octanol–water partition coefficient (Wildman–Crippen LogP) is 5.10. The molecule has 2 aromatic rings. The van der Waals surface area contributed by atoms with Gasteiger partial charge in [-0.1, -0.05) is 61.4 Å². The van der Waals surface area contributed by atoms with Crippen molar-refractivity contribution in [3.8, 4) is 0 Å². The molecule has 2 aromatic carbocycles. The number of hydrogen-bond donors (Lipinski definition) is 1. The zero-order valence-corrected chi connectivity index (χ0v) is 21.0. The monoisotopic (exact) mass is 459 g/mol. The predicted molar refractivity (Wildman–Crippen MR) is 139 cm³/mol. The lowest BCUT2D eigenvalue weighted by Gasteiger charge is -2.26. The number of benzene rings is 2. The van der Waals surface area contributed by atoms with Crippen LogP contribution in [0.3, 0.4) is 0 Å². The first-order valence-electron chi connectivity index (χ1n) is 13.4. The summed E-state index contributed by atoms with van der Waals surface area (Å²) in [6, 6.07) is 17.4. The Hall–Kier alpha value is -2.17. The summed E-state index contributed by atoms with van der Waals surface area (Å²) in [7, 11) is 0. The van der Waals surface area contributed by atoms with E-state index in [4.69, 9.17) is 0 Å². The zero-order valence-electron chi connectivity index (χ0n) is 21.0. The van der Waals surface area contributed by atoms with Crippen LogP contribution in [-0.2, 0) is 11.3 Å². The van der Waals surface area contributed by atoms with Gasteiger partial charge in [0.15, 0.2) is 0 Å². The van der Waals surface area contributed by atoms with Gasteiger partial charge in [-0.15, -0.1) is 0 Å². The van der Waals surface area contributed by atoms with Gasteiger partial charge in [-0.25, -0.2) is 0 Å². The fourth-order valence-corrected chi connectivity index (χ4v) is 6.62. The van der Waals surface area contributed by atoms with Crippen LogP contribution in [0, 0.1) is 31.6 Å². The van der Waals surface area contributed by atoms with Crippen LogP contribution in [0.1, 0.15) is 60.4 Å². The second kappa shape index (κ2) is 10.6. The Bertz CT molecular complexity index is 934. The van der Waals surface area contributed by atoms with Crippen molar-refractivity contribution in [1.29, 1.82) is 0 Å². The zero-order chi connectivity index (χ0) is 23.5. The molecule has 1 amide bonds. The Balaban J connectivity index is 1.14. The SMILES string of the molecule is Cc1cccc(C)c1CN1CC2CN(CCC(NC(=O)C3CCCC3)c3ccccc3)C[C@H]2C1. The number of aryl methyl sites for hydroxylation is 2. The molecule has 4 nitrogen and oxygen atoms in total. The molecule has 3 atom stereocenters. The number of nitrogens with zero attached hydrogens (tertiary/aromatic N) is 2. The van der Waals surface area contributed by atoms with Crippen molar-refractivity contribution in [3.63, 3.8) is 0 Å². The molecule has 1 saturated carbocycles. The van der Waals surface area contributed by atoms with Crippen LogP contribution in [0.15, 0.2) is 48.5 Å². The third kappa shape index (κ3) is 5.39. The van der Waals surface area contributed by atoms with Gasteiger partial charge in [0.2, 0.25) is 5.91 Å². The summed E-state index contributed by atoms with van der Waals surface area (Å²) in [5.41, 5.74) is 5.60. The molecule has 2 unspecified atom stereocenters. The maximum Gasteiger partial charge on any atom is 0.223 e. The maximum absolute atomic E-state index is 12.9. The van der Waals surface area contributed by atoms with Gasteiger partial charge in [0.1, 0.15) is 0 Å². The summed E-state index contributed by atoms with van der Waals surface area (Å²) in [6.45, 7) is 11.5. The lowest BCUT2D eigenvalue weighted by Crippen LogP contribution is -2.36. The molecule has 0 aromatic heterocycles. The number of carbonyl (C=O) groups is 1. The first-order chi connectivity index (χ1) is 16.6. The van der Waals surface area contributed by atoms with Crippen LogP contribution >= 0.6 is 0 Å². The minimum absolute atomic E-state index is 0.121. The Kier molecular flexibility index (Phi) is 7.36. The van der Waals surface area contributed by atoms with E-state index < -0.39 is 0 Å². The number of likely N-dealkylation sites (tertiary alicyclic amines) is 2. The summed E-state index contributed by atoms with van der Waals surface area (Å²) >= 11 is 0. The van der Waals surface area contributed by atoms with Crippen LogP contribution in [0.4, 0.5) is 0 Å². The van der Waals surface area contributed by atoms with Gasteiger partial charge in [-0.3, -0.25) is 9.69 Å². The van der Waals surface area contributed by atoms with E-state index in [0.29, 0.717) is 0 Å². The van der Waals surface area contributed by atoms with E-state index in [-0.39, 0.29) is 17.9 Å². The molecular formula is C30H41N3O. The van der Waals surface area contributed by atoms with Crippen LogP contribution in [-0.4, -0.2) is 48.4 Å². The molecule has 1 aliphatic carbocycles. The van der Waals surface area contributed by atoms with Crippen LogP contribution in [0.25, 0.3) is 0 Å². The molecular weight excluding hydrogens is 418 g/mol. The molecule has 1 N–H and O–H groups in total. The van der Waals surface area contributed by atoms with Crippen molar-refractivity contribution in [2.45, 2.75) is 58.5 Å². The van der Waals surface area contributed by atoms with E-state index in [1.54, 1.807) is 0 Å². The average molecular weight is 460 g/mol. The summed E-state index contributed by atoms with van der Waals surface area (Å²) < 4.78 is 0. The van der Waals surface area contributed by atoms with Crippen molar-refractivity contribution in [2.24, 2.45) is 17.8 Å². The highest BCUT2D eigenvalue weighted by molar-refractivity contribution is 5.79. The molecule has 0 spiro atoms. The molecule has 2 heterocycles. The quantitative estimate of drug-likeness (QED) is 0.596. The Morgan fingerprint density at radius 2 is 1.50 bits per heavy atom. The van der Waals surface area contributed by atoms with Gasteiger partial charge >= 0.3 is 0 Å². The molecule has 0 radical (unpaired) electrons. The number of amides is 1. The minimum Gasteiger partial charge on any atom is -0.349 e. The smallest absolute Gasteiger partial charge is 0.223 e. The number of fused-ring (bicyclic) bond motifs is 1. The molecule has 3 aliphatic rings. The van der Waals surface area contributed by atoms with E-state index >= 15 is 0 Å². The van der Waals surface area contributed by atoms with E-state index in [1.165, 1.54) is 61.3 Å². The molecule has 4 heteroatoms. The highest BCUT2D eigenvalue weighted by Gasteiger charge is 2.40. The molecule has 2 aliphatic heterocycles. The largest absolute Gasteiger partial charge is 0.349 e. The van der Waals surface area contributed by atoms with E-state index in [1.807, 2.05) is 0 Å². The van der Waals surface area contributed by atoms with Crippen molar-refractivity contribution in [1.82, 2.24) is 15.1 Å². The Morgan fingerprint density at radius 3 is 2.15 bits per heavy atom. The van der Waals surface area contributed by atoms with Gasteiger partial charge in [0, 0.05) is 45.2 Å². The Morgan fingerprint density at radius 1 is 0.882 bits per heavy atom. The third-order valence-corrected chi connectivity index (χ3v) is 8.64. The van der Waals surface area contributed by atoms with E-state index in [0.717, 1.165) is 44.2 Å². The first kappa shape index (κ1) is 23.6. The topological polar surface area (TPSA) is 35.6 Å². The maximum atomic E-state index is 12.9. The Labute approximate surface area is 205 Å². The number of rotatable bonds is 8. The van der Waals surface area contributed by atoms with Gasteiger partial charge in [0.05, 0.1) is 6.04 Å². The summed E-state index contributed by atoms with van der Waals surface area (Å²) in [4.78, 5) is 18.2. The lowest BCUT2D eigenvalue weighted by atomic mass is 10.0. The molecule has 3 fully saturated rings. The molecule has 5 rings (SSSR count). The van der Waals surface area contributed by atoms with Crippen molar-refractivity contribution >= 4 is 5.91 Å². The molecule has 34 heavy (non-hydrogen) atoms. The fraction of sp³-hybridized carbons (Fsp3) is 0.567. The lowest BCUT2D eigenvalue weighted by molar-refractivity contribution is -0.125. The number of nitrogens with one attached hydrogen (secondary N) is 1. The average Bonchev–Trinajstić information content (AvgIpc) is 3.57. The van der Waals surface area contributed by atoms with Gasteiger partial charge in [0.25, 0.3) is 0 Å². The van der Waals surface area contributed by atoms with Crippen molar-refractivity contribution < 1.29 is 4.79 Å². The van der Waals surface area contributed by atoms with E-state index in [9.17, 15) is 4.79 Å². The van der Waals surface area contributed by atoms with Gasteiger partial charge in [-0.2, -0.15) is 0 Å². The van der Waals surface area contributed by atoms with Crippen molar-refractivity contribution in [3.05, 3.63) is 70.8 Å². The summed E-state index contributed by atoms with van der Waals surface area (Å²) in [5, 5.41) is 3.42. The molecule has 182 valence electrons. The highest BCUT2D eigenvalue weighted by atomic mass is 16.1. The number of carbonyl (C=O) groups excluding carboxylic acids is 1. The van der Waals surface area contributed by atoms with E-state index in [2.05, 4.69) is 77.5 Å². The van der Waals surface area contributed by atoms with Crippen molar-refractivity contribution in [2.75, 3.05) is 32.7 Å². The van der Waals surface area contributed by atoms with Gasteiger partial charge < -0.3 is 10.2 Å². The molecule has 0 bridgehead atoms. The second-order valence-electron chi connectivity index (χ2n) is 11.1. The highest BCUT2D eigenvalue weighted by Crippen LogP contribution is 2.33. The molecule has 2 saturated heterocycles. The summed E-state index contributed by atoms with van der Waals surface area (Å²) in [5.74, 6) is 2.06. The third-order valence-electron chi connectivity index (χ3n) is 8.64. The normalized spacial score (nSPS) is 24.4.